The topological polar surface area (TPSA) is 38.3 Å². The minimum Gasteiger partial charge on any atom is -0.450 e. The molecule has 1 N–H and O–H groups in total. The van der Waals surface area contributed by atoms with Crippen LogP contribution in [0.2, 0.25) is 0 Å². The van der Waals surface area contributed by atoms with Crippen molar-refractivity contribution in [3.8, 4) is 0 Å². The van der Waals surface area contributed by atoms with Crippen LogP contribution >= 0.6 is 34.8 Å². The third kappa shape index (κ3) is 4.92. The van der Waals surface area contributed by atoms with Crippen LogP contribution in [0.25, 0.3) is 0 Å². The van der Waals surface area contributed by atoms with Gasteiger partial charge in [-0.2, -0.15) is 0 Å². The van der Waals surface area contributed by atoms with E-state index in [0.29, 0.717) is 12.2 Å². The molecule has 1 unspecified atom stereocenters. The van der Waals surface area contributed by atoms with Gasteiger partial charge >= 0.3 is 6.09 Å². The molecular formula is C12H14Cl3NO2. The summed E-state index contributed by atoms with van der Waals surface area (Å²) in [7, 11) is 0. The molecule has 3 nitrogen and oxygen atoms in total. The van der Waals surface area contributed by atoms with Crippen molar-refractivity contribution >= 4 is 40.9 Å². The number of amides is 1. The van der Waals surface area contributed by atoms with Crippen LogP contribution in [0.3, 0.4) is 0 Å². The lowest BCUT2D eigenvalue weighted by Crippen LogP contribution is -2.36. The maximum Gasteiger partial charge on any atom is 0.407 e. The summed E-state index contributed by atoms with van der Waals surface area (Å²) in [6.07, 6.45) is 0.133. The lowest BCUT2D eigenvalue weighted by atomic mass is 10.1. The molecular weight excluding hydrogens is 296 g/mol. The molecule has 100 valence electrons. The Morgan fingerprint density at radius 1 is 1.33 bits per heavy atom. The number of rotatable bonds is 4. The van der Waals surface area contributed by atoms with Crippen molar-refractivity contribution in [1.82, 2.24) is 5.32 Å². The van der Waals surface area contributed by atoms with Crippen LogP contribution in [0, 0.1) is 0 Å². The predicted molar refractivity (Wildman–Crippen MR) is 74.2 cm³/mol. The van der Waals surface area contributed by atoms with Crippen LogP contribution in [-0.2, 0) is 4.74 Å². The molecule has 1 rings (SSSR count). The van der Waals surface area contributed by atoms with Crippen molar-refractivity contribution < 1.29 is 9.53 Å². The molecule has 0 heterocycles. The second-order valence-corrected chi connectivity index (χ2v) is 6.03. The van der Waals surface area contributed by atoms with Gasteiger partial charge in [0.25, 0.3) is 0 Å². The number of hydrogen-bond acceptors (Lipinski definition) is 2. The number of alkyl halides is 3. The van der Waals surface area contributed by atoms with E-state index < -0.39 is 15.9 Å². The number of alkyl carbamates (subject to hydrolysis) is 1. The van der Waals surface area contributed by atoms with Gasteiger partial charge in [0.15, 0.2) is 0 Å². The Balaban J connectivity index is 2.78. The number of nitrogens with one attached hydrogen (secondary N) is 1. The van der Waals surface area contributed by atoms with E-state index in [1.807, 2.05) is 13.0 Å². The largest absolute Gasteiger partial charge is 0.450 e. The van der Waals surface area contributed by atoms with Crippen molar-refractivity contribution in [2.24, 2.45) is 0 Å². The summed E-state index contributed by atoms with van der Waals surface area (Å²) >= 11 is 17.6. The first-order valence-corrected chi connectivity index (χ1v) is 6.63. The second-order valence-electron chi connectivity index (χ2n) is 3.67. The predicted octanol–water partition coefficient (Wildman–Crippen LogP) is 4.23. The first kappa shape index (κ1) is 15.4. The lowest BCUT2D eigenvalue weighted by Gasteiger charge is -2.25. The van der Waals surface area contributed by atoms with Crippen LogP contribution in [0.4, 0.5) is 4.79 Å². The summed E-state index contributed by atoms with van der Waals surface area (Å²) < 4.78 is 3.27. The van der Waals surface area contributed by atoms with E-state index in [-0.39, 0.29) is 0 Å². The van der Waals surface area contributed by atoms with Gasteiger partial charge in [0.2, 0.25) is 3.79 Å². The first-order chi connectivity index (χ1) is 8.45. The van der Waals surface area contributed by atoms with Gasteiger partial charge in [0, 0.05) is 0 Å². The van der Waals surface area contributed by atoms with E-state index in [0.717, 1.165) is 6.42 Å². The molecule has 0 radical (unpaired) electrons. The molecule has 0 spiro atoms. The highest BCUT2D eigenvalue weighted by Crippen LogP contribution is 2.39. The van der Waals surface area contributed by atoms with E-state index >= 15 is 0 Å². The van der Waals surface area contributed by atoms with Crippen molar-refractivity contribution in [1.29, 1.82) is 0 Å². The van der Waals surface area contributed by atoms with Crippen LogP contribution < -0.4 is 5.32 Å². The number of hydrogen-bond donors (Lipinski definition) is 1. The van der Waals surface area contributed by atoms with Gasteiger partial charge in [0.1, 0.15) is 6.04 Å². The molecule has 0 aliphatic carbocycles. The highest BCUT2D eigenvalue weighted by Gasteiger charge is 2.35. The summed E-state index contributed by atoms with van der Waals surface area (Å²) in [6.45, 7) is 2.23. The second kappa shape index (κ2) is 7.07. The normalized spacial score (nSPS) is 12.9. The zero-order valence-corrected chi connectivity index (χ0v) is 12.1. The van der Waals surface area contributed by atoms with E-state index in [1.54, 1.807) is 24.3 Å². The number of benzene rings is 1. The van der Waals surface area contributed by atoms with Crippen molar-refractivity contribution in [3.63, 3.8) is 0 Å². The van der Waals surface area contributed by atoms with Crippen LogP contribution in [0.1, 0.15) is 24.9 Å². The maximum atomic E-state index is 11.5. The molecule has 1 amide bonds. The molecule has 1 atom stereocenters. The first-order valence-electron chi connectivity index (χ1n) is 5.50. The van der Waals surface area contributed by atoms with E-state index in [9.17, 15) is 4.79 Å². The Kier molecular flexibility index (Phi) is 6.06. The Morgan fingerprint density at radius 3 is 2.44 bits per heavy atom. The highest BCUT2D eigenvalue weighted by atomic mass is 35.6. The summed E-state index contributed by atoms with van der Waals surface area (Å²) in [6, 6.07) is 8.23. The molecule has 0 saturated carbocycles. The zero-order chi connectivity index (χ0) is 13.6. The van der Waals surface area contributed by atoms with Gasteiger partial charge in [-0.05, 0) is 12.0 Å². The highest BCUT2D eigenvalue weighted by molar-refractivity contribution is 6.68. The Morgan fingerprint density at radius 2 is 1.94 bits per heavy atom. The number of halogens is 3. The summed E-state index contributed by atoms with van der Waals surface area (Å²) in [5.41, 5.74) is 0.700. The minimum absolute atomic E-state index is 0.327. The van der Waals surface area contributed by atoms with Crippen molar-refractivity contribution in [2.45, 2.75) is 23.2 Å². The van der Waals surface area contributed by atoms with Gasteiger partial charge in [-0.15, -0.1) is 0 Å². The van der Waals surface area contributed by atoms with Crippen LogP contribution in [0.5, 0.6) is 0 Å². The molecule has 0 aliphatic rings. The smallest absolute Gasteiger partial charge is 0.407 e. The molecule has 0 aliphatic heterocycles. The molecule has 0 saturated heterocycles. The number of carbonyl (C=O) groups excluding carboxylic acids is 1. The Hall–Kier alpha value is -0.640. The lowest BCUT2D eigenvalue weighted by molar-refractivity contribution is 0.142. The number of ether oxygens (including phenoxy) is 1. The summed E-state index contributed by atoms with van der Waals surface area (Å²) in [5.74, 6) is 0. The van der Waals surface area contributed by atoms with Crippen LogP contribution in [0.15, 0.2) is 30.3 Å². The average molecular weight is 311 g/mol. The Labute approximate surface area is 121 Å². The van der Waals surface area contributed by atoms with Crippen molar-refractivity contribution in [3.05, 3.63) is 35.9 Å². The average Bonchev–Trinajstić information content (AvgIpc) is 2.33. The van der Waals surface area contributed by atoms with Gasteiger partial charge in [-0.3, -0.25) is 0 Å². The standard InChI is InChI=1S/C12H14Cl3NO2/c1-2-8-18-11(17)16-10(12(13,14)15)9-6-4-3-5-7-9/h3-7,10H,2,8H2,1H3,(H,16,17). The van der Waals surface area contributed by atoms with Gasteiger partial charge in [0.05, 0.1) is 6.61 Å². The molecule has 0 fully saturated rings. The fourth-order valence-electron chi connectivity index (χ4n) is 1.35. The third-order valence-electron chi connectivity index (χ3n) is 2.16. The summed E-state index contributed by atoms with van der Waals surface area (Å²) in [5, 5.41) is 2.55. The van der Waals surface area contributed by atoms with E-state index in [2.05, 4.69) is 5.32 Å². The molecule has 6 heteroatoms. The monoisotopic (exact) mass is 309 g/mol. The third-order valence-corrected chi connectivity index (χ3v) is 2.81. The van der Waals surface area contributed by atoms with E-state index in [4.69, 9.17) is 39.5 Å². The van der Waals surface area contributed by atoms with Gasteiger partial charge in [-0.25, -0.2) is 4.79 Å². The maximum absolute atomic E-state index is 11.5. The van der Waals surface area contributed by atoms with Crippen LogP contribution in [-0.4, -0.2) is 16.5 Å². The molecule has 18 heavy (non-hydrogen) atoms. The quantitative estimate of drug-likeness (QED) is 0.845. The van der Waals surface area contributed by atoms with Gasteiger partial charge in [-0.1, -0.05) is 72.1 Å². The Bertz CT molecular complexity index is 379. The van der Waals surface area contributed by atoms with Crippen molar-refractivity contribution in [2.75, 3.05) is 6.61 Å². The van der Waals surface area contributed by atoms with E-state index in [1.165, 1.54) is 0 Å². The molecule has 1 aromatic carbocycles. The number of carbonyl (C=O) groups is 1. The SMILES string of the molecule is CCCOC(=O)NC(c1ccccc1)C(Cl)(Cl)Cl. The summed E-state index contributed by atoms with van der Waals surface area (Å²) in [4.78, 5) is 11.5. The minimum atomic E-state index is -1.65. The molecule has 0 aromatic heterocycles. The molecule has 1 aromatic rings. The van der Waals surface area contributed by atoms with Gasteiger partial charge < -0.3 is 10.1 Å². The molecule has 0 bridgehead atoms. The fourth-order valence-corrected chi connectivity index (χ4v) is 1.90. The zero-order valence-electron chi connectivity index (χ0n) is 9.83. The fraction of sp³-hybridized carbons (Fsp3) is 0.417.